The van der Waals surface area contributed by atoms with Crippen molar-refractivity contribution < 1.29 is 4.79 Å². The highest BCUT2D eigenvalue weighted by Gasteiger charge is 2.21. The second-order valence-electron chi connectivity index (χ2n) is 7.40. The Balaban J connectivity index is 1.82. The van der Waals surface area contributed by atoms with E-state index in [-0.39, 0.29) is 19.0 Å². The maximum absolute atomic E-state index is 13.4. The van der Waals surface area contributed by atoms with Crippen molar-refractivity contribution in [3.8, 4) is 0 Å². The highest BCUT2D eigenvalue weighted by molar-refractivity contribution is 9.10. The fourth-order valence-corrected chi connectivity index (χ4v) is 3.99. The number of carbonyl (C=O) groups is 1. The maximum atomic E-state index is 13.4. The van der Waals surface area contributed by atoms with Crippen molar-refractivity contribution in [1.82, 2.24) is 18.9 Å². The molecular weight excluding hydrogens is 474 g/mol. The number of hydrogen-bond acceptors (Lipinski definition) is 4. The quantitative estimate of drug-likeness (QED) is 0.444. The van der Waals surface area contributed by atoms with Crippen LogP contribution in [-0.4, -0.2) is 24.8 Å². The van der Waals surface area contributed by atoms with Gasteiger partial charge in [-0.1, -0.05) is 46.3 Å². The highest BCUT2D eigenvalue weighted by atomic mass is 79.9. The number of aryl methyl sites for hydroxylation is 2. The molecule has 164 valence electrons. The third-order valence-corrected chi connectivity index (χ3v) is 5.72. The minimum absolute atomic E-state index is 0.108. The molecule has 0 unspecified atom stereocenters. The number of carbonyl (C=O) groups excluding carboxylic acids is 1. The van der Waals surface area contributed by atoms with E-state index in [2.05, 4.69) is 26.3 Å². The monoisotopic (exact) mass is 495 g/mol. The van der Waals surface area contributed by atoms with Gasteiger partial charge in [0.2, 0.25) is 5.91 Å². The molecule has 32 heavy (non-hydrogen) atoms. The minimum Gasteiger partial charge on any atom is -0.325 e. The standard InChI is InChI=1S/C23H22BrN5O3/c1-3-29-21-20(15(2)26-29)27(14-19(30)25-18-11-9-17(24)10-12-18)23(32)28(22(21)31)13-16-7-5-4-6-8-16/h4-12H,3,13-14H2,1-2H3,(H,25,30). The molecule has 0 atom stereocenters. The zero-order valence-corrected chi connectivity index (χ0v) is 19.3. The van der Waals surface area contributed by atoms with Gasteiger partial charge in [-0.15, -0.1) is 0 Å². The van der Waals surface area contributed by atoms with Gasteiger partial charge in [-0.25, -0.2) is 4.79 Å². The number of hydrogen-bond donors (Lipinski definition) is 1. The highest BCUT2D eigenvalue weighted by Crippen LogP contribution is 2.16. The first-order chi connectivity index (χ1) is 15.4. The molecule has 9 heteroatoms. The summed E-state index contributed by atoms with van der Waals surface area (Å²) in [6.07, 6.45) is 0. The van der Waals surface area contributed by atoms with Gasteiger partial charge in [0, 0.05) is 16.7 Å². The Morgan fingerprint density at radius 2 is 1.69 bits per heavy atom. The molecule has 0 spiro atoms. The minimum atomic E-state index is -0.545. The van der Waals surface area contributed by atoms with Crippen LogP contribution in [0.25, 0.3) is 11.0 Å². The fourth-order valence-electron chi connectivity index (χ4n) is 3.72. The topological polar surface area (TPSA) is 90.9 Å². The number of benzene rings is 2. The second kappa shape index (κ2) is 8.96. The number of anilines is 1. The number of aromatic nitrogens is 4. The molecule has 8 nitrogen and oxygen atoms in total. The van der Waals surface area contributed by atoms with Crippen LogP contribution >= 0.6 is 15.9 Å². The number of rotatable bonds is 6. The van der Waals surface area contributed by atoms with E-state index in [0.29, 0.717) is 29.0 Å². The van der Waals surface area contributed by atoms with E-state index in [1.807, 2.05) is 49.4 Å². The number of nitrogens with one attached hydrogen (secondary N) is 1. The number of halogens is 1. The van der Waals surface area contributed by atoms with Gasteiger partial charge in [0.15, 0.2) is 5.52 Å². The molecule has 0 fully saturated rings. The van der Waals surface area contributed by atoms with Gasteiger partial charge >= 0.3 is 5.69 Å². The molecular formula is C23H22BrN5O3. The number of amides is 1. The van der Waals surface area contributed by atoms with Crippen molar-refractivity contribution in [2.24, 2.45) is 0 Å². The molecule has 2 aromatic carbocycles. The number of fused-ring (bicyclic) bond motifs is 1. The van der Waals surface area contributed by atoms with Gasteiger partial charge < -0.3 is 5.32 Å². The molecule has 0 aliphatic heterocycles. The smallest absolute Gasteiger partial charge is 0.325 e. The first-order valence-corrected chi connectivity index (χ1v) is 11.0. The Bertz CT molecular complexity index is 1400. The summed E-state index contributed by atoms with van der Waals surface area (Å²) in [6.45, 7) is 3.95. The van der Waals surface area contributed by atoms with E-state index < -0.39 is 11.2 Å². The zero-order valence-electron chi connectivity index (χ0n) is 17.7. The predicted molar refractivity (Wildman–Crippen MR) is 127 cm³/mol. The molecule has 2 heterocycles. The van der Waals surface area contributed by atoms with Crippen LogP contribution in [0.5, 0.6) is 0 Å². The molecule has 0 radical (unpaired) electrons. The SMILES string of the molecule is CCn1nc(C)c2c1c(=O)n(Cc1ccccc1)c(=O)n2CC(=O)Nc1ccc(Br)cc1. The summed E-state index contributed by atoms with van der Waals surface area (Å²) in [5.41, 5.74) is 1.70. The molecule has 0 saturated carbocycles. The van der Waals surface area contributed by atoms with E-state index >= 15 is 0 Å². The molecule has 4 rings (SSSR count). The Kier molecular flexibility index (Phi) is 6.09. The normalized spacial score (nSPS) is 11.1. The summed E-state index contributed by atoms with van der Waals surface area (Å²) in [5, 5.41) is 7.23. The van der Waals surface area contributed by atoms with Gasteiger partial charge in [-0.3, -0.25) is 23.4 Å². The van der Waals surface area contributed by atoms with E-state index in [1.54, 1.807) is 23.7 Å². The van der Waals surface area contributed by atoms with Crippen LogP contribution in [0.4, 0.5) is 5.69 Å². The van der Waals surface area contributed by atoms with Crippen molar-refractivity contribution in [3.63, 3.8) is 0 Å². The summed E-state index contributed by atoms with van der Waals surface area (Å²) in [4.78, 5) is 39.5. The lowest BCUT2D eigenvalue weighted by Crippen LogP contribution is -2.42. The van der Waals surface area contributed by atoms with Crippen LogP contribution in [0.3, 0.4) is 0 Å². The van der Waals surface area contributed by atoms with E-state index in [9.17, 15) is 14.4 Å². The van der Waals surface area contributed by atoms with Crippen LogP contribution < -0.4 is 16.6 Å². The average molecular weight is 496 g/mol. The molecule has 0 aliphatic carbocycles. The summed E-state index contributed by atoms with van der Waals surface area (Å²) in [7, 11) is 0. The van der Waals surface area contributed by atoms with E-state index in [4.69, 9.17) is 0 Å². The van der Waals surface area contributed by atoms with Gasteiger partial charge in [0.05, 0.1) is 12.2 Å². The summed E-state index contributed by atoms with van der Waals surface area (Å²) in [6, 6.07) is 16.4. The Hall–Kier alpha value is -3.46. The Labute approximate surface area is 192 Å². The van der Waals surface area contributed by atoms with Crippen LogP contribution in [0.2, 0.25) is 0 Å². The van der Waals surface area contributed by atoms with Crippen molar-refractivity contribution in [2.75, 3.05) is 5.32 Å². The van der Waals surface area contributed by atoms with Crippen molar-refractivity contribution in [2.45, 2.75) is 33.5 Å². The van der Waals surface area contributed by atoms with Gasteiger partial charge in [0.1, 0.15) is 12.1 Å². The molecule has 1 N–H and O–H groups in total. The maximum Gasteiger partial charge on any atom is 0.332 e. The largest absolute Gasteiger partial charge is 0.332 e. The first-order valence-electron chi connectivity index (χ1n) is 10.2. The van der Waals surface area contributed by atoms with Crippen LogP contribution in [0, 0.1) is 6.92 Å². The van der Waals surface area contributed by atoms with Crippen LogP contribution in [0.1, 0.15) is 18.2 Å². The fraction of sp³-hybridized carbons (Fsp3) is 0.217. The second-order valence-corrected chi connectivity index (χ2v) is 8.31. The molecule has 0 bridgehead atoms. The molecule has 1 amide bonds. The third-order valence-electron chi connectivity index (χ3n) is 5.19. The van der Waals surface area contributed by atoms with Crippen molar-refractivity contribution in [3.05, 3.63) is 91.2 Å². The van der Waals surface area contributed by atoms with Crippen molar-refractivity contribution >= 4 is 38.6 Å². The van der Waals surface area contributed by atoms with Crippen molar-refractivity contribution in [1.29, 1.82) is 0 Å². The average Bonchev–Trinajstić information content (AvgIpc) is 3.13. The lowest BCUT2D eigenvalue weighted by atomic mass is 10.2. The molecule has 0 aliphatic rings. The lowest BCUT2D eigenvalue weighted by molar-refractivity contribution is -0.116. The van der Waals surface area contributed by atoms with E-state index in [1.165, 1.54) is 4.57 Å². The first kappa shape index (κ1) is 21.8. The molecule has 0 saturated heterocycles. The summed E-state index contributed by atoms with van der Waals surface area (Å²) in [5.74, 6) is -0.371. The molecule has 2 aromatic heterocycles. The van der Waals surface area contributed by atoms with Crippen LogP contribution in [-0.2, 0) is 24.4 Å². The van der Waals surface area contributed by atoms with Gasteiger partial charge in [0.25, 0.3) is 5.56 Å². The lowest BCUT2D eigenvalue weighted by Gasteiger charge is -2.13. The number of nitrogens with zero attached hydrogens (tertiary/aromatic N) is 4. The predicted octanol–water partition coefficient (Wildman–Crippen LogP) is 3.14. The summed E-state index contributed by atoms with van der Waals surface area (Å²) < 4.78 is 4.97. The van der Waals surface area contributed by atoms with E-state index in [0.717, 1.165) is 14.6 Å². The zero-order chi connectivity index (χ0) is 22.8. The van der Waals surface area contributed by atoms with Gasteiger partial charge in [-0.05, 0) is 43.7 Å². The van der Waals surface area contributed by atoms with Crippen LogP contribution in [0.15, 0.2) is 68.7 Å². The molecule has 4 aromatic rings. The van der Waals surface area contributed by atoms with Gasteiger partial charge in [-0.2, -0.15) is 5.10 Å². The third kappa shape index (κ3) is 4.16. The Morgan fingerprint density at radius 3 is 2.34 bits per heavy atom. The Morgan fingerprint density at radius 1 is 1.00 bits per heavy atom. The summed E-state index contributed by atoms with van der Waals surface area (Å²) >= 11 is 3.36.